The molecule has 1 aromatic carbocycles. The van der Waals surface area contributed by atoms with Crippen LogP contribution in [0.3, 0.4) is 0 Å². The first-order valence-electron chi connectivity index (χ1n) is 10.4. The monoisotopic (exact) mass is 621 g/mol. The largest absolute Gasteiger partial charge is 0.460 e. The summed E-state index contributed by atoms with van der Waals surface area (Å²) in [6.45, 7) is 3.60. The van der Waals surface area contributed by atoms with Crippen molar-refractivity contribution >= 4 is 12.0 Å². The van der Waals surface area contributed by atoms with Gasteiger partial charge in [0.25, 0.3) is 5.91 Å². The first-order chi connectivity index (χ1) is 17.6. The van der Waals surface area contributed by atoms with Crippen molar-refractivity contribution in [1.29, 1.82) is 0 Å². The highest BCUT2D eigenvalue weighted by atomic mass is 19.4. The van der Waals surface area contributed by atoms with E-state index >= 15 is 0 Å². The van der Waals surface area contributed by atoms with Gasteiger partial charge >= 0.3 is 47.6 Å². The molecule has 0 bridgehead atoms. The molecule has 19 heteroatoms. The fourth-order valence-electron chi connectivity index (χ4n) is 2.91. The van der Waals surface area contributed by atoms with Gasteiger partial charge in [0.2, 0.25) is 0 Å². The van der Waals surface area contributed by atoms with E-state index in [1.165, 1.54) is 4.90 Å². The predicted octanol–water partition coefficient (Wildman–Crippen LogP) is 8.19. The van der Waals surface area contributed by atoms with Crippen LogP contribution >= 0.6 is 0 Å². The molecule has 1 amide bonds. The van der Waals surface area contributed by atoms with E-state index in [2.05, 4.69) is 0 Å². The minimum atomic E-state index is -8.67. The van der Waals surface area contributed by atoms with Crippen LogP contribution in [0.4, 0.5) is 74.6 Å². The molecule has 230 valence electrons. The van der Waals surface area contributed by atoms with Gasteiger partial charge in [-0.15, -0.1) is 0 Å². The molecular weight excluding hydrogens is 605 g/mol. The summed E-state index contributed by atoms with van der Waals surface area (Å²) in [5, 5.41) is 0. The van der Waals surface area contributed by atoms with Gasteiger partial charge in [0, 0.05) is 18.7 Å². The molecule has 1 aromatic rings. The number of rotatable bonds is 11. The van der Waals surface area contributed by atoms with E-state index in [0.29, 0.717) is 0 Å². The van der Waals surface area contributed by atoms with Crippen LogP contribution in [0.15, 0.2) is 30.3 Å². The van der Waals surface area contributed by atoms with Crippen molar-refractivity contribution in [3.8, 4) is 0 Å². The van der Waals surface area contributed by atoms with Crippen LogP contribution in [0.1, 0.15) is 29.8 Å². The van der Waals surface area contributed by atoms with Crippen LogP contribution in [-0.4, -0.2) is 71.5 Å². The van der Waals surface area contributed by atoms with E-state index < -0.39 is 65.2 Å². The summed E-state index contributed by atoms with van der Waals surface area (Å²) in [6.07, 6.45) is -9.23. The number of hydrogen-bond donors (Lipinski definition) is 0. The molecule has 0 fully saturated rings. The Morgan fingerprint density at radius 2 is 0.950 bits per heavy atom. The molecule has 0 heterocycles. The zero-order chi connectivity index (χ0) is 32.0. The van der Waals surface area contributed by atoms with Crippen LogP contribution < -0.4 is 0 Å². The smallest absolute Gasteiger partial charge is 0.339 e. The van der Waals surface area contributed by atoms with Crippen LogP contribution in [0, 0.1) is 0 Å². The van der Waals surface area contributed by atoms with Gasteiger partial charge in [-0.05, 0) is 37.6 Å². The highest BCUT2D eigenvalue weighted by molar-refractivity contribution is 5.94. The normalized spacial score (nSPS) is 15.1. The predicted molar refractivity (Wildman–Crippen MR) is 103 cm³/mol. The first kappa shape index (κ1) is 35.3. The second kappa shape index (κ2) is 10.6. The lowest BCUT2D eigenvalue weighted by Crippen LogP contribution is -2.74. The maximum Gasteiger partial charge on any atom is 0.460 e. The van der Waals surface area contributed by atoms with Crippen molar-refractivity contribution < 1.29 is 79.4 Å². The third-order valence-electron chi connectivity index (χ3n) is 5.44. The van der Waals surface area contributed by atoms with Crippen molar-refractivity contribution in [3.63, 3.8) is 0 Å². The number of carbonyl (C=O) groups excluding carboxylic acids is 1. The van der Waals surface area contributed by atoms with Gasteiger partial charge in [0.1, 0.15) is 0 Å². The maximum absolute atomic E-state index is 14.0. The Hall–Kier alpha value is -2.76. The number of nitrogens with zero attached hydrogens (tertiary/aromatic N) is 1. The third kappa shape index (κ3) is 5.31. The summed E-state index contributed by atoms with van der Waals surface area (Å²) in [4.78, 5) is 13.4. The molecule has 2 nitrogen and oxygen atoms in total. The molecule has 0 N–H and O–H groups in total. The lowest BCUT2D eigenvalue weighted by Gasteiger charge is -2.42. The molecule has 1 rings (SSSR count). The zero-order valence-corrected chi connectivity index (χ0v) is 19.7. The molecule has 0 aliphatic rings. The topological polar surface area (TPSA) is 20.3 Å². The summed E-state index contributed by atoms with van der Waals surface area (Å²) >= 11 is 0. The van der Waals surface area contributed by atoms with Crippen LogP contribution in [0.25, 0.3) is 6.08 Å². The summed E-state index contributed by atoms with van der Waals surface area (Å²) < 4.78 is 226. The number of alkyl halides is 17. The van der Waals surface area contributed by atoms with E-state index in [9.17, 15) is 79.4 Å². The number of hydrogen-bond acceptors (Lipinski definition) is 1. The van der Waals surface area contributed by atoms with Crippen molar-refractivity contribution in [2.75, 3.05) is 13.1 Å². The summed E-state index contributed by atoms with van der Waals surface area (Å²) in [7, 11) is 0. The van der Waals surface area contributed by atoms with Gasteiger partial charge in [-0.1, -0.05) is 18.2 Å². The third-order valence-corrected chi connectivity index (χ3v) is 5.44. The van der Waals surface area contributed by atoms with Crippen LogP contribution in [0.2, 0.25) is 0 Å². The van der Waals surface area contributed by atoms with Gasteiger partial charge in [0.05, 0.1) is 0 Å². The molecular formula is C21H16F17NO. The number of carbonyl (C=O) groups is 1. The van der Waals surface area contributed by atoms with Crippen molar-refractivity contribution in [2.45, 2.75) is 61.5 Å². The van der Waals surface area contributed by atoms with Crippen LogP contribution in [0.5, 0.6) is 0 Å². The van der Waals surface area contributed by atoms with E-state index in [-0.39, 0.29) is 24.7 Å². The quantitative estimate of drug-likeness (QED) is 0.228. The summed E-state index contributed by atoms with van der Waals surface area (Å²) in [5.74, 6) is -57.4. The van der Waals surface area contributed by atoms with Crippen molar-refractivity contribution in [2.24, 2.45) is 0 Å². The Kier molecular flexibility index (Phi) is 9.32. The molecule has 0 saturated heterocycles. The Labute approximate surface area is 213 Å². The van der Waals surface area contributed by atoms with Gasteiger partial charge in [-0.25, -0.2) is 0 Å². The summed E-state index contributed by atoms with van der Waals surface area (Å²) in [6, 6.07) is 3.34. The minimum Gasteiger partial charge on any atom is -0.339 e. The van der Waals surface area contributed by atoms with Gasteiger partial charge < -0.3 is 4.90 Å². The van der Waals surface area contributed by atoms with Gasteiger partial charge in [0.15, 0.2) is 0 Å². The van der Waals surface area contributed by atoms with Crippen LogP contribution in [-0.2, 0) is 0 Å². The minimum absolute atomic E-state index is 0.0945. The molecule has 0 radical (unpaired) electrons. The van der Waals surface area contributed by atoms with E-state index in [1.807, 2.05) is 0 Å². The second-order valence-corrected chi connectivity index (χ2v) is 8.00. The molecule has 0 aliphatic heterocycles. The number of benzene rings is 1. The number of allylic oxidation sites excluding steroid dienone is 1. The second-order valence-electron chi connectivity index (χ2n) is 8.00. The zero-order valence-electron chi connectivity index (χ0n) is 19.7. The summed E-state index contributed by atoms with van der Waals surface area (Å²) in [5.41, 5.74) is -0.703. The molecule has 0 spiro atoms. The number of amides is 1. The van der Waals surface area contributed by atoms with Crippen molar-refractivity contribution in [3.05, 3.63) is 41.5 Å². The fraction of sp³-hybridized carbons (Fsp3) is 0.571. The Morgan fingerprint density at radius 3 is 1.30 bits per heavy atom. The highest BCUT2D eigenvalue weighted by Crippen LogP contribution is 2.64. The molecule has 0 unspecified atom stereocenters. The average molecular weight is 621 g/mol. The van der Waals surface area contributed by atoms with E-state index in [1.54, 1.807) is 13.8 Å². The first-order valence-corrected chi connectivity index (χ1v) is 10.4. The molecule has 40 heavy (non-hydrogen) atoms. The number of halogens is 17. The lowest BCUT2D eigenvalue weighted by molar-refractivity contribution is -0.459. The van der Waals surface area contributed by atoms with E-state index in [4.69, 9.17) is 0 Å². The lowest BCUT2D eigenvalue weighted by atomic mass is 9.89. The standard InChI is InChI=1S/C21H16F17NO/c1-3-39(4-2)13(40)12-7-5-11(6-8-12)9-10-14(22,23)15(24,25)16(26,27)17(28,29)18(30,31)19(32,33)20(34,35)21(36,37)38/h5-10H,3-4H2,1-2H3/b10-9+. The highest BCUT2D eigenvalue weighted by Gasteiger charge is 2.95. The SMILES string of the molecule is CCN(CC)C(=O)c1ccc(/C=C/C(F)(F)C(F)(F)C(F)(F)C(F)(F)C(F)(F)C(F)(F)C(F)(F)C(F)(F)F)cc1. The molecule has 0 atom stereocenters. The maximum atomic E-state index is 14.0. The molecule has 0 saturated carbocycles. The molecule has 0 aromatic heterocycles. The molecule has 0 aliphatic carbocycles. The Bertz CT molecular complexity index is 1070. The van der Waals surface area contributed by atoms with E-state index in [0.717, 1.165) is 24.3 Å². The average Bonchev–Trinajstić information content (AvgIpc) is 2.82. The van der Waals surface area contributed by atoms with Gasteiger partial charge in [-0.2, -0.15) is 74.6 Å². The Balaban J connectivity index is 3.47. The fourth-order valence-corrected chi connectivity index (χ4v) is 2.91. The van der Waals surface area contributed by atoms with Crippen molar-refractivity contribution in [1.82, 2.24) is 4.90 Å². The van der Waals surface area contributed by atoms with Gasteiger partial charge in [-0.3, -0.25) is 4.79 Å². The Morgan fingerprint density at radius 1 is 0.600 bits per heavy atom.